The largest absolute Gasteiger partial charge is 0.500 e. The van der Waals surface area contributed by atoms with Crippen LogP contribution in [-0.2, 0) is 29.4 Å². The van der Waals surface area contributed by atoms with E-state index in [9.17, 15) is 14.9 Å². The molecule has 0 aromatic heterocycles. The van der Waals surface area contributed by atoms with Crippen molar-refractivity contribution in [3.8, 4) is 11.5 Å². The molecule has 0 atom stereocenters. The first kappa shape index (κ1) is 23.8. The minimum absolute atomic E-state index is 0.169. The lowest BCUT2D eigenvalue weighted by Crippen LogP contribution is -2.42. The molecule has 0 heterocycles. The van der Waals surface area contributed by atoms with Crippen LogP contribution < -0.4 is 9.47 Å². The number of esters is 1. The van der Waals surface area contributed by atoms with Gasteiger partial charge in [0.1, 0.15) is 6.61 Å². The Morgan fingerprint density at radius 3 is 2.07 bits per heavy atom. The van der Waals surface area contributed by atoms with E-state index in [-0.39, 0.29) is 30.0 Å². The maximum atomic E-state index is 12.0. The molecule has 0 N–H and O–H groups in total. The smallest absolute Gasteiger partial charge is 0.493 e. The molecule has 0 aliphatic carbocycles. The first-order valence-corrected chi connectivity index (χ1v) is 10.5. The molecule has 0 aliphatic heterocycles. The number of carbonyl (C=O) groups excluding carboxylic acids is 1. The lowest BCUT2D eigenvalue weighted by Gasteiger charge is -2.24. The molecular weight excluding hydrogens is 390 g/mol. The highest BCUT2D eigenvalue weighted by molar-refractivity contribution is 6.60. The van der Waals surface area contributed by atoms with Crippen molar-refractivity contribution in [2.45, 2.75) is 31.9 Å². The molecule has 0 saturated heterocycles. The van der Waals surface area contributed by atoms with E-state index in [0.29, 0.717) is 24.6 Å². The van der Waals surface area contributed by atoms with E-state index in [4.69, 9.17) is 27.5 Å². The number of methoxy groups -OCH3 is 2. The second-order valence-electron chi connectivity index (χ2n) is 5.76. The van der Waals surface area contributed by atoms with Crippen molar-refractivity contribution in [2.24, 2.45) is 0 Å². The summed E-state index contributed by atoms with van der Waals surface area (Å²) >= 11 is 0. The van der Waals surface area contributed by atoms with Gasteiger partial charge in [-0.05, 0) is 18.9 Å². The van der Waals surface area contributed by atoms with E-state index in [1.807, 2.05) is 0 Å². The van der Waals surface area contributed by atoms with E-state index < -0.39 is 19.7 Å². The number of hydrogen-bond acceptors (Lipinski definition) is 9. The van der Waals surface area contributed by atoms with Crippen LogP contribution in [0.4, 0.5) is 5.69 Å². The summed E-state index contributed by atoms with van der Waals surface area (Å²) < 4.78 is 31.3. The molecule has 0 saturated carbocycles. The lowest BCUT2D eigenvalue weighted by molar-refractivity contribution is -0.385. The molecule has 0 amide bonds. The topological polar surface area (TPSA) is 116 Å². The van der Waals surface area contributed by atoms with Crippen molar-refractivity contribution in [1.29, 1.82) is 0 Å². The quantitative estimate of drug-likeness (QED) is 0.157. The Labute approximate surface area is 165 Å². The van der Waals surface area contributed by atoms with Crippen LogP contribution in [0.15, 0.2) is 12.1 Å². The number of nitrogens with zero attached hydrogens (tertiary/aromatic N) is 1. The number of nitro benzene ring substituents is 1. The Morgan fingerprint density at radius 1 is 1.00 bits per heavy atom. The first-order valence-electron chi connectivity index (χ1n) is 8.56. The van der Waals surface area contributed by atoms with E-state index >= 15 is 0 Å². The van der Waals surface area contributed by atoms with Crippen LogP contribution in [0.3, 0.4) is 0 Å². The summed E-state index contributed by atoms with van der Waals surface area (Å²) in [6.45, 7) is -0.234. The molecule has 1 aromatic rings. The van der Waals surface area contributed by atoms with Gasteiger partial charge >= 0.3 is 14.8 Å². The van der Waals surface area contributed by atoms with Crippen molar-refractivity contribution in [1.82, 2.24) is 0 Å². The van der Waals surface area contributed by atoms with Gasteiger partial charge in [0, 0.05) is 33.8 Å². The highest BCUT2D eigenvalue weighted by atomic mass is 28.4. The third-order valence-corrected chi connectivity index (χ3v) is 7.05. The minimum Gasteiger partial charge on any atom is -0.493 e. The van der Waals surface area contributed by atoms with Gasteiger partial charge in [-0.15, -0.1) is 0 Å². The lowest BCUT2D eigenvalue weighted by atomic mass is 10.1. The monoisotopic (exact) mass is 417 g/mol. The number of ether oxygens (including phenoxy) is 3. The van der Waals surface area contributed by atoms with Gasteiger partial charge in [0.2, 0.25) is 0 Å². The fraction of sp³-hybridized carbons (Fsp3) is 0.588. The van der Waals surface area contributed by atoms with Gasteiger partial charge in [0.25, 0.3) is 5.69 Å². The zero-order chi connectivity index (χ0) is 21.2. The second-order valence-corrected chi connectivity index (χ2v) is 8.85. The molecule has 0 aliphatic rings. The van der Waals surface area contributed by atoms with Gasteiger partial charge < -0.3 is 27.5 Å². The predicted molar refractivity (Wildman–Crippen MR) is 101 cm³/mol. The molecule has 0 radical (unpaired) electrons. The van der Waals surface area contributed by atoms with Gasteiger partial charge in [-0.1, -0.05) is 0 Å². The molecular formula is C17H27NO9Si. The molecule has 1 rings (SSSR count). The molecule has 0 bridgehead atoms. The average molecular weight is 417 g/mol. The van der Waals surface area contributed by atoms with Crippen LogP contribution >= 0.6 is 0 Å². The van der Waals surface area contributed by atoms with Gasteiger partial charge in [-0.2, -0.15) is 0 Å². The molecule has 28 heavy (non-hydrogen) atoms. The minimum atomic E-state index is -2.65. The molecule has 0 spiro atoms. The third kappa shape index (κ3) is 6.44. The van der Waals surface area contributed by atoms with Crippen LogP contribution in [0.5, 0.6) is 11.5 Å². The third-order valence-electron chi connectivity index (χ3n) is 4.22. The fourth-order valence-corrected chi connectivity index (χ4v) is 4.39. The van der Waals surface area contributed by atoms with Crippen molar-refractivity contribution in [3.05, 3.63) is 27.8 Å². The molecule has 0 unspecified atom stereocenters. The van der Waals surface area contributed by atoms with Crippen molar-refractivity contribution in [2.75, 3.05) is 35.5 Å². The van der Waals surface area contributed by atoms with Gasteiger partial charge in [-0.3, -0.25) is 14.9 Å². The molecule has 0 fully saturated rings. The van der Waals surface area contributed by atoms with Crippen LogP contribution in [0, 0.1) is 10.1 Å². The fourth-order valence-electron chi connectivity index (χ4n) is 2.59. The highest BCUT2D eigenvalue weighted by Crippen LogP contribution is 2.34. The maximum absolute atomic E-state index is 12.0. The Kier molecular flexibility index (Phi) is 9.86. The Morgan fingerprint density at radius 2 is 1.57 bits per heavy atom. The number of carbonyl (C=O) groups is 1. The Balaban J connectivity index is 2.62. The standard InChI is InChI=1S/C17H27NO9Si/c1-22-15-10-13(14(18(20)21)11-16(15)23-2)12-27-17(19)8-6-7-9-28(24-3,25-4)26-5/h10-11H,6-9,12H2,1-5H3. The number of unbranched alkanes of at least 4 members (excludes halogenated alkanes) is 1. The van der Waals surface area contributed by atoms with Crippen molar-refractivity contribution in [3.63, 3.8) is 0 Å². The van der Waals surface area contributed by atoms with Crippen molar-refractivity contribution >= 4 is 20.5 Å². The summed E-state index contributed by atoms with van der Waals surface area (Å²) in [5, 5.41) is 11.3. The second kappa shape index (κ2) is 11.6. The maximum Gasteiger partial charge on any atom is 0.500 e. The zero-order valence-corrected chi connectivity index (χ0v) is 17.8. The molecule has 10 nitrogen and oxygen atoms in total. The molecule has 1 aromatic carbocycles. The summed E-state index contributed by atoms with van der Waals surface area (Å²) in [5.74, 6) is 0.0918. The van der Waals surface area contributed by atoms with Crippen LogP contribution in [0.25, 0.3) is 0 Å². The normalized spacial score (nSPS) is 11.2. The molecule has 158 valence electrons. The predicted octanol–water partition coefficient (Wildman–Crippen LogP) is 2.70. The summed E-state index contributed by atoms with van der Waals surface area (Å²) in [7, 11) is 4.74. The number of rotatable bonds is 13. The van der Waals surface area contributed by atoms with Crippen LogP contribution in [0.2, 0.25) is 6.04 Å². The van der Waals surface area contributed by atoms with Crippen LogP contribution in [0.1, 0.15) is 24.8 Å². The summed E-state index contributed by atoms with van der Waals surface area (Å²) in [5.41, 5.74) is 0.0158. The SMILES string of the molecule is COc1cc(COC(=O)CCCC[Si](OC)(OC)OC)c([N+](=O)[O-])cc1OC. The summed E-state index contributed by atoms with van der Waals surface area (Å²) in [6, 6.07) is 3.25. The van der Waals surface area contributed by atoms with E-state index in [1.165, 1.54) is 47.7 Å². The Hall–Kier alpha value is -2.21. The van der Waals surface area contributed by atoms with E-state index in [1.54, 1.807) is 0 Å². The van der Waals surface area contributed by atoms with Crippen molar-refractivity contribution < 1.29 is 37.2 Å². The number of nitro groups is 1. The average Bonchev–Trinajstić information content (AvgIpc) is 2.72. The van der Waals surface area contributed by atoms with Gasteiger partial charge in [0.05, 0.1) is 30.8 Å². The van der Waals surface area contributed by atoms with E-state index in [0.717, 1.165) is 0 Å². The first-order chi connectivity index (χ1) is 13.4. The Bertz CT molecular complexity index is 656. The van der Waals surface area contributed by atoms with Crippen LogP contribution in [-0.4, -0.2) is 55.2 Å². The summed E-state index contributed by atoms with van der Waals surface area (Å²) in [4.78, 5) is 22.7. The highest BCUT2D eigenvalue weighted by Gasteiger charge is 2.36. The van der Waals surface area contributed by atoms with Gasteiger partial charge in [0.15, 0.2) is 11.5 Å². The molecule has 11 heteroatoms. The zero-order valence-electron chi connectivity index (χ0n) is 16.8. The van der Waals surface area contributed by atoms with E-state index in [2.05, 4.69) is 0 Å². The number of benzene rings is 1. The summed E-state index contributed by atoms with van der Waals surface area (Å²) in [6.07, 6.45) is 1.38. The number of hydrogen-bond donors (Lipinski definition) is 0. The van der Waals surface area contributed by atoms with Gasteiger partial charge in [-0.25, -0.2) is 0 Å².